The third kappa shape index (κ3) is 2.64. The Morgan fingerprint density at radius 1 is 1.29 bits per heavy atom. The van der Waals surface area contributed by atoms with E-state index >= 15 is 0 Å². The summed E-state index contributed by atoms with van der Waals surface area (Å²) in [4.78, 5) is 36.3. The molecule has 0 aliphatic carbocycles. The third-order valence-electron chi connectivity index (χ3n) is 4.55. The van der Waals surface area contributed by atoms with E-state index in [-0.39, 0.29) is 17.9 Å². The van der Waals surface area contributed by atoms with Gasteiger partial charge in [0.1, 0.15) is 5.69 Å². The van der Waals surface area contributed by atoms with Crippen LogP contribution in [-0.2, 0) is 11.3 Å². The number of rotatable bonds is 3. The zero-order valence-electron chi connectivity index (χ0n) is 13.2. The number of hydrogen-bond acceptors (Lipinski definition) is 5. The average molecular weight is 326 g/mol. The first-order valence-electron chi connectivity index (χ1n) is 8.08. The molecule has 8 heteroatoms. The molecule has 1 fully saturated rings. The molecule has 8 nitrogen and oxygen atoms in total. The predicted octanol–water partition coefficient (Wildman–Crippen LogP) is 0.493. The predicted molar refractivity (Wildman–Crippen MR) is 83.9 cm³/mol. The first kappa shape index (κ1) is 14.8. The second-order valence-corrected chi connectivity index (χ2v) is 6.14. The van der Waals surface area contributed by atoms with Crippen LogP contribution in [0.3, 0.4) is 0 Å². The molecule has 0 aromatic carbocycles. The van der Waals surface area contributed by atoms with E-state index in [1.165, 1.54) is 12.4 Å². The molecular weight excluding hydrogens is 308 g/mol. The molecule has 0 spiro atoms. The first-order chi connectivity index (χ1) is 11.7. The van der Waals surface area contributed by atoms with Gasteiger partial charge in [-0.05, 0) is 12.5 Å². The fourth-order valence-corrected chi connectivity index (χ4v) is 3.40. The largest absolute Gasteiger partial charge is 0.340 e. The summed E-state index contributed by atoms with van der Waals surface area (Å²) in [7, 11) is 0. The highest BCUT2D eigenvalue weighted by molar-refractivity contribution is 5.92. The molecule has 0 saturated carbocycles. The molecule has 124 valence electrons. The van der Waals surface area contributed by atoms with E-state index in [2.05, 4.69) is 15.1 Å². The molecule has 24 heavy (non-hydrogen) atoms. The molecule has 2 aliphatic rings. The number of nitrogens with zero attached hydrogens (tertiary/aromatic N) is 6. The van der Waals surface area contributed by atoms with E-state index in [0.717, 1.165) is 18.7 Å². The van der Waals surface area contributed by atoms with Gasteiger partial charge in [-0.1, -0.05) is 0 Å². The second-order valence-electron chi connectivity index (χ2n) is 6.14. The van der Waals surface area contributed by atoms with Gasteiger partial charge < -0.3 is 9.80 Å². The van der Waals surface area contributed by atoms with E-state index in [1.807, 2.05) is 15.6 Å². The minimum Gasteiger partial charge on any atom is -0.340 e. The van der Waals surface area contributed by atoms with E-state index in [0.29, 0.717) is 31.7 Å². The van der Waals surface area contributed by atoms with Gasteiger partial charge in [0.15, 0.2) is 0 Å². The van der Waals surface area contributed by atoms with Crippen LogP contribution in [0.15, 0.2) is 30.9 Å². The van der Waals surface area contributed by atoms with Crippen LogP contribution in [0.5, 0.6) is 0 Å². The van der Waals surface area contributed by atoms with Crippen molar-refractivity contribution in [3.05, 3.63) is 42.2 Å². The van der Waals surface area contributed by atoms with Crippen molar-refractivity contribution in [3.8, 4) is 0 Å². The Morgan fingerprint density at radius 2 is 2.21 bits per heavy atom. The van der Waals surface area contributed by atoms with Crippen LogP contribution >= 0.6 is 0 Å². The summed E-state index contributed by atoms with van der Waals surface area (Å²) < 4.78 is 1.94. The number of hydrogen-bond donors (Lipinski definition) is 0. The summed E-state index contributed by atoms with van der Waals surface area (Å²) in [5.41, 5.74) is 1.30. The van der Waals surface area contributed by atoms with Gasteiger partial charge in [-0.25, -0.2) is 4.98 Å². The lowest BCUT2D eigenvalue weighted by molar-refractivity contribution is -0.128. The van der Waals surface area contributed by atoms with E-state index < -0.39 is 0 Å². The normalized spacial score (nSPS) is 20.3. The zero-order valence-corrected chi connectivity index (χ0v) is 13.2. The Bertz CT molecular complexity index is 759. The van der Waals surface area contributed by atoms with E-state index in [4.69, 9.17) is 0 Å². The van der Waals surface area contributed by atoms with Crippen LogP contribution in [0.25, 0.3) is 0 Å². The average Bonchev–Trinajstić information content (AvgIpc) is 3.24. The van der Waals surface area contributed by atoms with Gasteiger partial charge in [-0.3, -0.25) is 19.3 Å². The molecule has 2 aliphatic heterocycles. The smallest absolute Gasteiger partial charge is 0.274 e. The van der Waals surface area contributed by atoms with Crippen LogP contribution in [0.1, 0.15) is 35.1 Å². The Kier molecular flexibility index (Phi) is 3.72. The van der Waals surface area contributed by atoms with Gasteiger partial charge in [0.2, 0.25) is 5.91 Å². The van der Waals surface area contributed by atoms with Gasteiger partial charge in [0.25, 0.3) is 5.91 Å². The summed E-state index contributed by atoms with van der Waals surface area (Å²) in [5, 5.41) is 4.38. The standard InChI is InChI=1S/C16H18N6O2/c23-15-2-1-7-20(15)10-13-11-21(9-12-3-4-19-22(12)13)16(24)14-8-17-5-6-18-14/h3-6,8,13H,1-2,7,9-11H2/t13-/m0/s1. The lowest BCUT2D eigenvalue weighted by Crippen LogP contribution is -2.45. The topological polar surface area (TPSA) is 84.2 Å². The lowest BCUT2D eigenvalue weighted by atomic mass is 10.1. The minimum atomic E-state index is -0.145. The highest BCUT2D eigenvalue weighted by Crippen LogP contribution is 2.24. The summed E-state index contributed by atoms with van der Waals surface area (Å²) in [5.74, 6) is 0.0365. The van der Waals surface area contributed by atoms with Gasteiger partial charge in [-0.2, -0.15) is 5.10 Å². The van der Waals surface area contributed by atoms with Crippen LogP contribution in [-0.4, -0.2) is 61.0 Å². The van der Waals surface area contributed by atoms with Crippen LogP contribution in [0.2, 0.25) is 0 Å². The van der Waals surface area contributed by atoms with E-state index in [9.17, 15) is 9.59 Å². The van der Waals surface area contributed by atoms with E-state index in [1.54, 1.807) is 17.3 Å². The van der Waals surface area contributed by atoms with Gasteiger partial charge in [0.05, 0.1) is 24.5 Å². The fourth-order valence-electron chi connectivity index (χ4n) is 3.40. The van der Waals surface area contributed by atoms with Gasteiger partial charge >= 0.3 is 0 Å². The maximum absolute atomic E-state index is 12.7. The molecule has 1 atom stereocenters. The summed E-state index contributed by atoms with van der Waals surface area (Å²) >= 11 is 0. The minimum absolute atomic E-state index is 0.0357. The highest BCUT2D eigenvalue weighted by atomic mass is 16.2. The number of fused-ring (bicyclic) bond motifs is 1. The van der Waals surface area contributed by atoms with Gasteiger partial charge in [-0.15, -0.1) is 0 Å². The molecule has 1 saturated heterocycles. The molecule has 4 rings (SSSR count). The molecule has 0 unspecified atom stereocenters. The first-order valence-corrected chi connectivity index (χ1v) is 8.08. The van der Waals surface area contributed by atoms with Crippen molar-refractivity contribution < 1.29 is 9.59 Å². The van der Waals surface area contributed by atoms with Crippen molar-refractivity contribution in [2.24, 2.45) is 0 Å². The fraction of sp³-hybridized carbons (Fsp3) is 0.438. The Labute approximate surface area is 139 Å². The SMILES string of the molecule is O=C1CCCN1C[C@H]1CN(C(=O)c2cnccn2)Cc2ccnn21. The molecular formula is C16H18N6O2. The van der Waals surface area contributed by atoms with Crippen LogP contribution < -0.4 is 0 Å². The van der Waals surface area contributed by atoms with Crippen molar-refractivity contribution in [1.29, 1.82) is 0 Å². The Morgan fingerprint density at radius 3 is 2.96 bits per heavy atom. The van der Waals surface area contributed by atoms with Crippen molar-refractivity contribution in [2.45, 2.75) is 25.4 Å². The maximum atomic E-state index is 12.7. The molecule has 2 amide bonds. The Hall–Kier alpha value is -2.77. The zero-order chi connectivity index (χ0) is 16.5. The molecule has 0 bridgehead atoms. The highest BCUT2D eigenvalue weighted by Gasteiger charge is 2.32. The molecule has 0 radical (unpaired) electrons. The van der Waals surface area contributed by atoms with Crippen molar-refractivity contribution in [1.82, 2.24) is 29.5 Å². The molecule has 0 N–H and O–H groups in total. The monoisotopic (exact) mass is 326 g/mol. The Balaban J connectivity index is 1.56. The summed E-state index contributed by atoms with van der Waals surface area (Å²) in [6.45, 7) is 2.36. The number of amides is 2. The number of carbonyl (C=O) groups is 2. The maximum Gasteiger partial charge on any atom is 0.274 e. The van der Waals surface area contributed by atoms with Crippen molar-refractivity contribution >= 4 is 11.8 Å². The quantitative estimate of drug-likeness (QED) is 0.820. The number of likely N-dealkylation sites (tertiary alicyclic amines) is 1. The molecule has 4 heterocycles. The third-order valence-corrected chi connectivity index (χ3v) is 4.55. The number of carbonyl (C=O) groups excluding carboxylic acids is 2. The molecule has 2 aromatic rings. The second kappa shape index (κ2) is 6.03. The van der Waals surface area contributed by atoms with Crippen LogP contribution in [0, 0.1) is 0 Å². The van der Waals surface area contributed by atoms with Crippen LogP contribution in [0.4, 0.5) is 0 Å². The lowest BCUT2D eigenvalue weighted by Gasteiger charge is -2.35. The van der Waals surface area contributed by atoms with Gasteiger partial charge in [0, 0.05) is 44.6 Å². The van der Waals surface area contributed by atoms with Crippen molar-refractivity contribution in [3.63, 3.8) is 0 Å². The molecule has 2 aromatic heterocycles. The van der Waals surface area contributed by atoms with Crippen molar-refractivity contribution in [2.75, 3.05) is 19.6 Å². The number of aromatic nitrogens is 4. The summed E-state index contributed by atoms with van der Waals surface area (Å²) in [6.07, 6.45) is 7.80. The summed E-state index contributed by atoms with van der Waals surface area (Å²) in [6, 6.07) is 1.88.